The Balaban J connectivity index is 1.42. The zero-order valence-corrected chi connectivity index (χ0v) is 22.2. The van der Waals surface area contributed by atoms with E-state index in [-0.39, 0.29) is 6.10 Å². The third-order valence-electron chi connectivity index (χ3n) is 11.0. The van der Waals surface area contributed by atoms with E-state index < -0.39 is 0 Å². The number of carbonyl (C=O) groups is 1. The molecule has 3 nitrogen and oxygen atoms in total. The average molecular weight is 458 g/mol. The van der Waals surface area contributed by atoms with Gasteiger partial charge in [0.1, 0.15) is 0 Å². The van der Waals surface area contributed by atoms with Gasteiger partial charge in [0.05, 0.1) is 6.10 Å². The summed E-state index contributed by atoms with van der Waals surface area (Å²) in [6, 6.07) is 0. The first-order chi connectivity index (χ1) is 15.7. The van der Waals surface area contributed by atoms with Gasteiger partial charge in [-0.25, -0.2) is 0 Å². The summed E-state index contributed by atoms with van der Waals surface area (Å²) < 4.78 is 0. The monoisotopic (exact) mass is 457 g/mol. The van der Waals surface area contributed by atoms with Crippen LogP contribution in [0.15, 0.2) is 11.6 Å². The third kappa shape index (κ3) is 4.57. The van der Waals surface area contributed by atoms with Crippen molar-refractivity contribution in [2.75, 3.05) is 13.1 Å². The lowest BCUT2D eigenvalue weighted by Gasteiger charge is -2.58. The molecule has 0 spiro atoms. The molecule has 188 valence electrons. The van der Waals surface area contributed by atoms with Crippen molar-refractivity contribution >= 4 is 5.91 Å². The molecule has 0 aromatic carbocycles. The number of hydrogen-bond acceptors (Lipinski definition) is 2. The highest BCUT2D eigenvalue weighted by Gasteiger charge is 2.59. The van der Waals surface area contributed by atoms with Crippen LogP contribution in [0.1, 0.15) is 112 Å². The molecule has 3 heteroatoms. The van der Waals surface area contributed by atoms with E-state index in [2.05, 4.69) is 45.6 Å². The van der Waals surface area contributed by atoms with Gasteiger partial charge < -0.3 is 10.0 Å². The van der Waals surface area contributed by atoms with Crippen molar-refractivity contribution in [2.24, 2.45) is 40.4 Å². The maximum absolute atomic E-state index is 12.9. The molecule has 0 bridgehead atoms. The summed E-state index contributed by atoms with van der Waals surface area (Å²) in [6.07, 6.45) is 16.2. The van der Waals surface area contributed by atoms with Gasteiger partial charge in [-0.15, -0.1) is 0 Å². The topological polar surface area (TPSA) is 40.5 Å². The Labute approximate surface area is 203 Å². The minimum atomic E-state index is -0.111. The van der Waals surface area contributed by atoms with Crippen LogP contribution in [-0.4, -0.2) is 35.1 Å². The van der Waals surface area contributed by atoms with E-state index in [0.717, 1.165) is 75.3 Å². The highest BCUT2D eigenvalue weighted by Crippen LogP contribution is 2.67. The normalized spacial score (nSPS) is 40.9. The molecule has 0 heterocycles. The van der Waals surface area contributed by atoms with Gasteiger partial charge in [0.2, 0.25) is 5.91 Å². The maximum atomic E-state index is 12.9. The van der Waals surface area contributed by atoms with Gasteiger partial charge in [-0.2, -0.15) is 0 Å². The molecule has 3 fully saturated rings. The standard InChI is InChI=1S/C30H51NO2/c1-6-18-31(19-7-2)28(33)13-8-21(3)25-11-12-26-24-10-9-22-20-23(32)14-16-29(22,4)27(24)15-17-30(25,26)5/h9,21,23-27,32H,6-8,10-20H2,1-5H3/t21-,23+,24+,25-,26+,27+,29+,30-/m1/s1. The highest BCUT2D eigenvalue weighted by molar-refractivity contribution is 5.76. The fourth-order valence-electron chi connectivity index (χ4n) is 9.23. The van der Waals surface area contributed by atoms with E-state index in [1.54, 1.807) is 5.57 Å². The Kier molecular flexibility index (Phi) is 7.68. The highest BCUT2D eigenvalue weighted by atomic mass is 16.3. The predicted octanol–water partition coefficient (Wildman–Crippen LogP) is 6.99. The van der Waals surface area contributed by atoms with Crippen LogP contribution in [0.4, 0.5) is 0 Å². The van der Waals surface area contributed by atoms with Crippen LogP contribution < -0.4 is 0 Å². The van der Waals surface area contributed by atoms with Gasteiger partial charge in [0.15, 0.2) is 0 Å². The van der Waals surface area contributed by atoms with Crippen molar-refractivity contribution < 1.29 is 9.90 Å². The number of allylic oxidation sites excluding steroid dienone is 1. The molecule has 8 atom stereocenters. The van der Waals surface area contributed by atoms with E-state index in [1.807, 2.05) is 0 Å². The van der Waals surface area contributed by atoms with Crippen LogP contribution in [0.2, 0.25) is 0 Å². The SMILES string of the molecule is CCCN(CCC)C(=O)CC[C@@H](C)[C@H]1CC[C@H]2[C@@H]3CC=C4C[C@@H](O)CC[C@]4(C)[C@H]3CC[C@]12C. The molecule has 3 saturated carbocycles. The smallest absolute Gasteiger partial charge is 0.222 e. The Hall–Kier alpha value is -0.830. The lowest BCUT2D eigenvalue weighted by molar-refractivity contribution is -0.131. The van der Waals surface area contributed by atoms with Gasteiger partial charge in [-0.3, -0.25) is 4.79 Å². The van der Waals surface area contributed by atoms with Crippen molar-refractivity contribution in [3.8, 4) is 0 Å². The number of hydrogen-bond donors (Lipinski definition) is 1. The van der Waals surface area contributed by atoms with Gasteiger partial charge in [0.25, 0.3) is 0 Å². The minimum Gasteiger partial charge on any atom is -0.393 e. The first-order valence-electron chi connectivity index (χ1n) is 14.4. The number of aliphatic hydroxyl groups is 1. The summed E-state index contributed by atoms with van der Waals surface area (Å²) in [5.74, 6) is 4.28. The summed E-state index contributed by atoms with van der Waals surface area (Å²) in [5, 5.41) is 10.3. The molecular formula is C30H51NO2. The van der Waals surface area contributed by atoms with Crippen LogP contribution >= 0.6 is 0 Å². The number of fused-ring (bicyclic) bond motifs is 5. The van der Waals surface area contributed by atoms with Crippen molar-refractivity contribution in [2.45, 2.75) is 118 Å². The summed E-state index contributed by atoms with van der Waals surface area (Å²) in [4.78, 5) is 15.0. The van der Waals surface area contributed by atoms with E-state index in [0.29, 0.717) is 22.7 Å². The Morgan fingerprint density at radius 2 is 1.82 bits per heavy atom. The number of aliphatic hydroxyl groups excluding tert-OH is 1. The number of amides is 1. The average Bonchev–Trinajstić information content (AvgIpc) is 3.15. The van der Waals surface area contributed by atoms with E-state index >= 15 is 0 Å². The van der Waals surface area contributed by atoms with Crippen LogP contribution in [0.3, 0.4) is 0 Å². The Morgan fingerprint density at radius 3 is 2.52 bits per heavy atom. The summed E-state index contributed by atoms with van der Waals surface area (Å²) in [6.45, 7) is 13.8. The number of carbonyl (C=O) groups excluding carboxylic acids is 1. The second kappa shape index (κ2) is 10.0. The van der Waals surface area contributed by atoms with E-state index in [9.17, 15) is 9.90 Å². The Bertz CT molecular complexity index is 725. The lowest BCUT2D eigenvalue weighted by atomic mass is 9.47. The zero-order valence-electron chi connectivity index (χ0n) is 22.2. The zero-order chi connectivity index (χ0) is 23.8. The van der Waals surface area contributed by atoms with Crippen molar-refractivity contribution in [1.82, 2.24) is 4.90 Å². The van der Waals surface area contributed by atoms with E-state index in [4.69, 9.17) is 0 Å². The minimum absolute atomic E-state index is 0.111. The van der Waals surface area contributed by atoms with Crippen molar-refractivity contribution in [3.05, 3.63) is 11.6 Å². The largest absolute Gasteiger partial charge is 0.393 e. The molecule has 1 amide bonds. The summed E-state index contributed by atoms with van der Waals surface area (Å²) in [7, 11) is 0. The maximum Gasteiger partial charge on any atom is 0.222 e. The molecule has 0 unspecified atom stereocenters. The molecule has 0 aromatic rings. The lowest BCUT2D eigenvalue weighted by Crippen LogP contribution is -2.50. The number of nitrogens with zero attached hydrogens (tertiary/aromatic N) is 1. The van der Waals surface area contributed by atoms with Gasteiger partial charge in [0, 0.05) is 19.5 Å². The fraction of sp³-hybridized carbons (Fsp3) is 0.900. The van der Waals surface area contributed by atoms with Crippen molar-refractivity contribution in [3.63, 3.8) is 0 Å². The van der Waals surface area contributed by atoms with Crippen LogP contribution in [0.5, 0.6) is 0 Å². The molecule has 33 heavy (non-hydrogen) atoms. The van der Waals surface area contributed by atoms with Gasteiger partial charge in [-0.05, 0) is 111 Å². The fourth-order valence-corrected chi connectivity index (χ4v) is 9.23. The van der Waals surface area contributed by atoms with Crippen LogP contribution in [0.25, 0.3) is 0 Å². The van der Waals surface area contributed by atoms with Crippen molar-refractivity contribution in [1.29, 1.82) is 0 Å². The first-order valence-corrected chi connectivity index (χ1v) is 14.4. The predicted molar refractivity (Wildman–Crippen MR) is 137 cm³/mol. The molecule has 4 aliphatic carbocycles. The van der Waals surface area contributed by atoms with Crippen LogP contribution in [-0.2, 0) is 4.79 Å². The number of rotatable bonds is 8. The molecule has 0 saturated heterocycles. The van der Waals surface area contributed by atoms with E-state index in [1.165, 1.54) is 38.5 Å². The second-order valence-electron chi connectivity index (χ2n) is 12.8. The Morgan fingerprint density at radius 1 is 1.09 bits per heavy atom. The molecule has 0 aromatic heterocycles. The first kappa shape index (κ1) is 25.3. The molecule has 1 N–H and O–H groups in total. The van der Waals surface area contributed by atoms with Gasteiger partial charge in [-0.1, -0.05) is 46.3 Å². The molecule has 0 aliphatic heterocycles. The third-order valence-corrected chi connectivity index (χ3v) is 11.0. The molecule has 4 rings (SSSR count). The molecular weight excluding hydrogens is 406 g/mol. The molecule has 4 aliphatic rings. The quantitative estimate of drug-likeness (QED) is 0.399. The second-order valence-corrected chi connectivity index (χ2v) is 12.8. The molecule has 0 radical (unpaired) electrons. The summed E-state index contributed by atoms with van der Waals surface area (Å²) in [5.41, 5.74) is 2.37. The summed E-state index contributed by atoms with van der Waals surface area (Å²) >= 11 is 0. The van der Waals surface area contributed by atoms with Gasteiger partial charge >= 0.3 is 0 Å². The van der Waals surface area contributed by atoms with Crippen LogP contribution in [0, 0.1) is 40.4 Å².